The van der Waals surface area contributed by atoms with E-state index in [1.54, 1.807) is 0 Å². The molecule has 0 radical (unpaired) electrons. The van der Waals surface area contributed by atoms with Gasteiger partial charge in [-0.15, -0.1) is 0 Å². The summed E-state index contributed by atoms with van der Waals surface area (Å²) < 4.78 is 5.25. The first-order chi connectivity index (χ1) is 12.7. The van der Waals surface area contributed by atoms with E-state index in [1.807, 2.05) is 56.8 Å². The molecular weight excluding hydrogens is 360 g/mol. The number of amides is 1. The molecule has 1 atom stereocenters. The van der Waals surface area contributed by atoms with Crippen LogP contribution in [-0.2, 0) is 11.2 Å². The van der Waals surface area contributed by atoms with E-state index in [9.17, 15) is 4.79 Å². The molecule has 7 heteroatoms. The van der Waals surface area contributed by atoms with E-state index in [0.717, 1.165) is 37.7 Å². The molecule has 1 rings (SSSR count). The Balaban J connectivity index is 2.47. The van der Waals surface area contributed by atoms with E-state index in [4.69, 9.17) is 4.74 Å². The zero-order valence-electron chi connectivity index (χ0n) is 17.4. The van der Waals surface area contributed by atoms with Crippen molar-refractivity contribution in [3.63, 3.8) is 0 Å². The summed E-state index contributed by atoms with van der Waals surface area (Å²) in [4.78, 5) is 16.4. The first-order valence-electron chi connectivity index (χ1n) is 9.37. The molecule has 27 heavy (non-hydrogen) atoms. The highest BCUT2D eigenvalue weighted by molar-refractivity contribution is 7.99. The Kier molecular flexibility index (Phi) is 10.1. The number of nitrogens with one attached hydrogen (secondary N) is 3. The SMILES string of the molecule is CCNC(=NCC(C)SC)NCCc1ccc(NC(=O)OC(C)(C)C)cc1. The van der Waals surface area contributed by atoms with Crippen LogP contribution in [0.2, 0.25) is 0 Å². The van der Waals surface area contributed by atoms with Crippen LogP contribution in [0.25, 0.3) is 0 Å². The highest BCUT2D eigenvalue weighted by Gasteiger charge is 2.16. The summed E-state index contributed by atoms with van der Waals surface area (Å²) >= 11 is 1.81. The van der Waals surface area contributed by atoms with Gasteiger partial charge in [0, 0.05) is 24.0 Å². The highest BCUT2D eigenvalue weighted by atomic mass is 32.2. The molecule has 0 fully saturated rings. The Bertz CT molecular complexity index is 597. The molecule has 152 valence electrons. The molecule has 3 N–H and O–H groups in total. The van der Waals surface area contributed by atoms with Gasteiger partial charge in [0.25, 0.3) is 0 Å². The highest BCUT2D eigenvalue weighted by Crippen LogP contribution is 2.13. The van der Waals surface area contributed by atoms with Gasteiger partial charge in [0.2, 0.25) is 0 Å². The molecule has 0 spiro atoms. The Morgan fingerprint density at radius 2 is 1.89 bits per heavy atom. The van der Waals surface area contributed by atoms with Crippen LogP contribution in [0.15, 0.2) is 29.3 Å². The van der Waals surface area contributed by atoms with Crippen LogP contribution < -0.4 is 16.0 Å². The molecule has 0 aliphatic rings. The number of aliphatic imine (C=N–C) groups is 1. The largest absolute Gasteiger partial charge is 0.444 e. The van der Waals surface area contributed by atoms with Gasteiger partial charge in [0.15, 0.2) is 5.96 Å². The maximum atomic E-state index is 11.8. The fourth-order valence-corrected chi connectivity index (χ4v) is 2.36. The Labute approximate surface area is 167 Å². The molecule has 1 amide bonds. The van der Waals surface area contributed by atoms with Crippen LogP contribution >= 0.6 is 11.8 Å². The number of hydrogen-bond acceptors (Lipinski definition) is 4. The fraction of sp³-hybridized carbons (Fsp3) is 0.600. The molecule has 0 aliphatic carbocycles. The topological polar surface area (TPSA) is 74.8 Å². The summed E-state index contributed by atoms with van der Waals surface area (Å²) in [6.07, 6.45) is 2.53. The molecule has 0 bridgehead atoms. The van der Waals surface area contributed by atoms with Gasteiger partial charge in [-0.05, 0) is 58.1 Å². The summed E-state index contributed by atoms with van der Waals surface area (Å²) in [6.45, 7) is 12.2. The maximum absolute atomic E-state index is 11.8. The number of hydrogen-bond donors (Lipinski definition) is 3. The van der Waals surface area contributed by atoms with E-state index < -0.39 is 11.7 Å². The van der Waals surface area contributed by atoms with Gasteiger partial charge in [-0.2, -0.15) is 11.8 Å². The number of ether oxygens (including phenoxy) is 1. The van der Waals surface area contributed by atoms with Crippen LogP contribution in [0, 0.1) is 0 Å². The second kappa shape index (κ2) is 11.7. The molecule has 0 aromatic heterocycles. The van der Waals surface area contributed by atoms with Crippen molar-refractivity contribution in [2.24, 2.45) is 4.99 Å². The van der Waals surface area contributed by atoms with Crippen molar-refractivity contribution in [2.45, 2.75) is 51.9 Å². The molecular formula is C20H34N4O2S. The number of benzene rings is 1. The minimum Gasteiger partial charge on any atom is -0.444 e. The second-order valence-corrected chi connectivity index (χ2v) is 8.54. The molecule has 1 aromatic carbocycles. The normalized spacial score (nSPS) is 13.0. The van der Waals surface area contributed by atoms with Crippen LogP contribution in [0.3, 0.4) is 0 Å². The average molecular weight is 395 g/mol. The molecule has 1 aromatic rings. The van der Waals surface area contributed by atoms with Crippen LogP contribution in [0.5, 0.6) is 0 Å². The fourth-order valence-electron chi connectivity index (χ4n) is 2.14. The van der Waals surface area contributed by atoms with Crippen molar-refractivity contribution in [3.05, 3.63) is 29.8 Å². The lowest BCUT2D eigenvalue weighted by Gasteiger charge is -2.19. The van der Waals surface area contributed by atoms with E-state index in [-0.39, 0.29) is 0 Å². The number of rotatable bonds is 8. The summed E-state index contributed by atoms with van der Waals surface area (Å²) in [5.41, 5.74) is 1.40. The second-order valence-electron chi connectivity index (χ2n) is 7.27. The van der Waals surface area contributed by atoms with Crippen molar-refractivity contribution in [1.82, 2.24) is 10.6 Å². The molecule has 0 aliphatic heterocycles. The van der Waals surface area contributed by atoms with Gasteiger partial charge in [-0.3, -0.25) is 10.3 Å². The van der Waals surface area contributed by atoms with Gasteiger partial charge in [0.1, 0.15) is 5.60 Å². The number of nitrogens with zero attached hydrogens (tertiary/aromatic N) is 1. The van der Waals surface area contributed by atoms with Gasteiger partial charge >= 0.3 is 6.09 Å². The van der Waals surface area contributed by atoms with Gasteiger partial charge in [-0.25, -0.2) is 4.79 Å². The molecule has 0 saturated carbocycles. The first kappa shape index (κ1) is 23.1. The molecule has 0 saturated heterocycles. The van der Waals surface area contributed by atoms with Gasteiger partial charge in [-0.1, -0.05) is 19.1 Å². The first-order valence-corrected chi connectivity index (χ1v) is 10.7. The molecule has 0 heterocycles. The number of anilines is 1. The van der Waals surface area contributed by atoms with E-state index in [2.05, 4.69) is 41.0 Å². The summed E-state index contributed by atoms with van der Waals surface area (Å²) in [7, 11) is 0. The third kappa shape index (κ3) is 10.8. The van der Waals surface area contributed by atoms with E-state index >= 15 is 0 Å². The van der Waals surface area contributed by atoms with Crippen molar-refractivity contribution in [2.75, 3.05) is 31.2 Å². The summed E-state index contributed by atoms with van der Waals surface area (Å²) in [5.74, 6) is 0.849. The van der Waals surface area contributed by atoms with E-state index in [1.165, 1.54) is 5.56 Å². The predicted octanol–water partition coefficient (Wildman–Crippen LogP) is 3.88. The van der Waals surface area contributed by atoms with Crippen molar-refractivity contribution >= 4 is 29.5 Å². The minimum atomic E-state index is -0.505. The van der Waals surface area contributed by atoms with E-state index in [0.29, 0.717) is 5.25 Å². The average Bonchev–Trinajstić information content (AvgIpc) is 2.59. The smallest absolute Gasteiger partial charge is 0.412 e. The molecule has 6 nitrogen and oxygen atoms in total. The standard InChI is InChI=1S/C20H34N4O2S/c1-7-21-18(23-14-15(2)27-6)22-13-12-16-8-10-17(11-9-16)24-19(25)26-20(3,4)5/h8-11,15H,7,12-14H2,1-6H3,(H,24,25)(H2,21,22,23). The van der Waals surface area contributed by atoms with Crippen LogP contribution in [0.4, 0.5) is 10.5 Å². The zero-order chi connectivity index (χ0) is 20.3. The quantitative estimate of drug-likeness (QED) is 0.461. The summed E-state index contributed by atoms with van der Waals surface area (Å²) in [5, 5.41) is 9.87. The van der Waals surface area contributed by atoms with Crippen LogP contribution in [0.1, 0.15) is 40.2 Å². The number of thioether (sulfide) groups is 1. The van der Waals surface area contributed by atoms with Gasteiger partial charge in [0.05, 0.1) is 6.54 Å². The maximum Gasteiger partial charge on any atom is 0.412 e. The van der Waals surface area contributed by atoms with Gasteiger partial charge < -0.3 is 15.4 Å². The Morgan fingerprint density at radius 1 is 1.22 bits per heavy atom. The lowest BCUT2D eigenvalue weighted by Crippen LogP contribution is -2.38. The minimum absolute atomic E-state index is 0.442. The number of carbonyl (C=O) groups excluding carboxylic acids is 1. The lowest BCUT2D eigenvalue weighted by atomic mass is 10.1. The molecule has 1 unspecified atom stereocenters. The lowest BCUT2D eigenvalue weighted by molar-refractivity contribution is 0.0636. The third-order valence-corrected chi connectivity index (χ3v) is 4.51. The third-order valence-electron chi connectivity index (χ3n) is 3.56. The number of carbonyl (C=O) groups is 1. The van der Waals surface area contributed by atoms with Crippen molar-refractivity contribution < 1.29 is 9.53 Å². The Hall–Kier alpha value is -1.89. The predicted molar refractivity (Wildman–Crippen MR) is 117 cm³/mol. The number of guanidine groups is 1. The zero-order valence-corrected chi connectivity index (χ0v) is 18.2. The van der Waals surface area contributed by atoms with Crippen LogP contribution in [-0.4, -0.2) is 48.8 Å². The van der Waals surface area contributed by atoms with Crippen molar-refractivity contribution in [1.29, 1.82) is 0 Å². The monoisotopic (exact) mass is 394 g/mol. The summed E-state index contributed by atoms with van der Waals surface area (Å²) in [6, 6.07) is 7.79. The Morgan fingerprint density at radius 3 is 2.44 bits per heavy atom. The van der Waals surface area contributed by atoms with Crippen molar-refractivity contribution in [3.8, 4) is 0 Å².